The molecule has 0 radical (unpaired) electrons. The van der Waals surface area contributed by atoms with E-state index in [9.17, 15) is 9.90 Å². The number of hydrogen-bond acceptors (Lipinski definition) is 4. The topological polar surface area (TPSA) is 75.1 Å². The molecule has 2 aromatic carbocycles. The molecule has 1 amide bonds. The number of hydrogen-bond donors (Lipinski definition) is 2. The molecule has 5 nitrogen and oxygen atoms in total. The molecule has 3 rings (SSSR count). The Balaban J connectivity index is 1.72. The van der Waals surface area contributed by atoms with Crippen LogP contribution in [-0.2, 0) is 11.2 Å². The third-order valence-electron chi connectivity index (χ3n) is 3.05. The number of fused-ring (bicyclic) bond motifs is 1. The van der Waals surface area contributed by atoms with Gasteiger partial charge in [-0.05, 0) is 35.9 Å². The summed E-state index contributed by atoms with van der Waals surface area (Å²) in [5.41, 5.74) is 3.05. The van der Waals surface area contributed by atoms with Gasteiger partial charge >= 0.3 is 0 Å². The van der Waals surface area contributed by atoms with Crippen LogP contribution >= 0.6 is 0 Å². The lowest BCUT2D eigenvalue weighted by atomic mass is 10.1. The van der Waals surface area contributed by atoms with Crippen molar-refractivity contribution in [3.63, 3.8) is 0 Å². The first-order chi connectivity index (χ1) is 10.2. The SMILES string of the molecule is O=C(Cc1ccc(O)cc1)Nc1ccc2nccnc2c1. The summed E-state index contributed by atoms with van der Waals surface area (Å²) in [5.74, 6) is 0.0659. The molecular formula is C16H13N3O2. The van der Waals surface area contributed by atoms with Gasteiger partial charge in [-0.3, -0.25) is 14.8 Å². The molecule has 0 unspecified atom stereocenters. The molecule has 0 fully saturated rings. The highest BCUT2D eigenvalue weighted by molar-refractivity contribution is 5.94. The fourth-order valence-electron chi connectivity index (χ4n) is 2.05. The van der Waals surface area contributed by atoms with Crippen molar-refractivity contribution in [1.82, 2.24) is 9.97 Å². The number of aromatic nitrogens is 2. The molecule has 5 heteroatoms. The number of carbonyl (C=O) groups excluding carboxylic acids is 1. The summed E-state index contributed by atoms with van der Waals surface area (Å²) in [6.45, 7) is 0. The summed E-state index contributed by atoms with van der Waals surface area (Å²) in [6.07, 6.45) is 3.49. The maximum atomic E-state index is 12.0. The molecule has 0 saturated heterocycles. The predicted molar refractivity (Wildman–Crippen MR) is 80.0 cm³/mol. The highest BCUT2D eigenvalue weighted by Crippen LogP contribution is 2.16. The molecule has 2 N–H and O–H groups in total. The van der Waals surface area contributed by atoms with E-state index < -0.39 is 0 Å². The Labute approximate surface area is 121 Å². The molecule has 0 saturated carbocycles. The Bertz CT molecular complexity index is 785. The van der Waals surface area contributed by atoms with Gasteiger partial charge in [0.25, 0.3) is 0 Å². The van der Waals surface area contributed by atoms with E-state index in [-0.39, 0.29) is 18.1 Å². The number of carbonyl (C=O) groups is 1. The van der Waals surface area contributed by atoms with Crippen molar-refractivity contribution in [3.8, 4) is 5.75 Å². The van der Waals surface area contributed by atoms with Crippen LogP contribution in [0.25, 0.3) is 11.0 Å². The fourth-order valence-corrected chi connectivity index (χ4v) is 2.05. The summed E-state index contributed by atoms with van der Waals surface area (Å²) in [5, 5.41) is 12.0. The van der Waals surface area contributed by atoms with Crippen LogP contribution in [0.2, 0.25) is 0 Å². The summed E-state index contributed by atoms with van der Waals surface area (Å²) in [7, 11) is 0. The monoisotopic (exact) mass is 279 g/mol. The zero-order chi connectivity index (χ0) is 14.7. The number of anilines is 1. The Morgan fingerprint density at radius 1 is 1.00 bits per heavy atom. The molecule has 0 atom stereocenters. The van der Waals surface area contributed by atoms with Gasteiger partial charge in [0.15, 0.2) is 0 Å². The van der Waals surface area contributed by atoms with E-state index in [1.165, 1.54) is 0 Å². The van der Waals surface area contributed by atoms with Gasteiger partial charge in [-0.15, -0.1) is 0 Å². The number of nitrogens with one attached hydrogen (secondary N) is 1. The largest absolute Gasteiger partial charge is 0.508 e. The molecule has 0 spiro atoms. The second-order valence-electron chi connectivity index (χ2n) is 4.65. The van der Waals surface area contributed by atoms with Crippen molar-refractivity contribution in [2.45, 2.75) is 6.42 Å². The summed E-state index contributed by atoms with van der Waals surface area (Å²) in [6, 6.07) is 12.0. The van der Waals surface area contributed by atoms with Gasteiger partial charge in [0.05, 0.1) is 17.5 Å². The quantitative estimate of drug-likeness (QED) is 0.772. The first-order valence-electron chi connectivity index (χ1n) is 6.49. The number of phenolic OH excluding ortho intramolecular Hbond substituents is 1. The fraction of sp³-hybridized carbons (Fsp3) is 0.0625. The molecular weight excluding hydrogens is 266 g/mol. The van der Waals surface area contributed by atoms with E-state index in [1.54, 1.807) is 48.8 Å². The third-order valence-corrected chi connectivity index (χ3v) is 3.05. The molecule has 21 heavy (non-hydrogen) atoms. The number of benzene rings is 2. The lowest BCUT2D eigenvalue weighted by molar-refractivity contribution is -0.115. The normalized spacial score (nSPS) is 10.5. The summed E-state index contributed by atoms with van der Waals surface area (Å²) in [4.78, 5) is 20.4. The average molecular weight is 279 g/mol. The van der Waals surface area contributed by atoms with Gasteiger partial charge in [0.2, 0.25) is 5.91 Å². The molecule has 3 aromatic rings. The highest BCUT2D eigenvalue weighted by atomic mass is 16.3. The zero-order valence-electron chi connectivity index (χ0n) is 11.2. The number of aromatic hydroxyl groups is 1. The van der Waals surface area contributed by atoms with Gasteiger partial charge in [0, 0.05) is 18.1 Å². The second kappa shape index (κ2) is 5.58. The molecule has 104 valence electrons. The molecule has 0 aliphatic carbocycles. The van der Waals surface area contributed by atoms with E-state index >= 15 is 0 Å². The second-order valence-corrected chi connectivity index (χ2v) is 4.65. The van der Waals surface area contributed by atoms with Gasteiger partial charge in [-0.25, -0.2) is 0 Å². The van der Waals surface area contributed by atoms with Crippen molar-refractivity contribution in [2.24, 2.45) is 0 Å². The zero-order valence-corrected chi connectivity index (χ0v) is 11.2. The first kappa shape index (κ1) is 13.1. The Morgan fingerprint density at radius 3 is 2.48 bits per heavy atom. The smallest absolute Gasteiger partial charge is 0.228 e. The number of rotatable bonds is 3. The molecule has 1 heterocycles. The summed E-state index contributed by atoms with van der Waals surface area (Å²) < 4.78 is 0. The summed E-state index contributed by atoms with van der Waals surface area (Å²) >= 11 is 0. The van der Waals surface area contributed by atoms with Crippen LogP contribution in [-0.4, -0.2) is 21.0 Å². The molecule has 0 aliphatic rings. The number of nitrogens with zero attached hydrogens (tertiary/aromatic N) is 2. The third kappa shape index (κ3) is 3.14. The van der Waals surface area contributed by atoms with Crippen LogP contribution < -0.4 is 5.32 Å². The van der Waals surface area contributed by atoms with Crippen molar-refractivity contribution in [1.29, 1.82) is 0 Å². The Kier molecular flexibility index (Phi) is 3.47. The van der Waals surface area contributed by atoms with Crippen molar-refractivity contribution >= 4 is 22.6 Å². The highest BCUT2D eigenvalue weighted by Gasteiger charge is 2.05. The Morgan fingerprint density at radius 2 is 1.71 bits per heavy atom. The molecule has 0 bridgehead atoms. The van der Waals surface area contributed by atoms with Gasteiger partial charge < -0.3 is 10.4 Å². The van der Waals surface area contributed by atoms with E-state index in [2.05, 4.69) is 15.3 Å². The van der Waals surface area contributed by atoms with Crippen LogP contribution in [0, 0.1) is 0 Å². The predicted octanol–water partition coefficient (Wildman–Crippen LogP) is 2.52. The van der Waals surface area contributed by atoms with E-state index in [1.807, 2.05) is 6.07 Å². The van der Waals surface area contributed by atoms with Gasteiger partial charge in [-0.1, -0.05) is 12.1 Å². The van der Waals surface area contributed by atoms with Crippen LogP contribution in [0.4, 0.5) is 5.69 Å². The Hall–Kier alpha value is -2.95. The van der Waals surface area contributed by atoms with Crippen molar-refractivity contribution < 1.29 is 9.90 Å². The van der Waals surface area contributed by atoms with Crippen LogP contribution in [0.1, 0.15) is 5.56 Å². The lowest BCUT2D eigenvalue weighted by Crippen LogP contribution is -2.14. The minimum atomic E-state index is -0.121. The number of phenols is 1. The van der Waals surface area contributed by atoms with E-state index in [0.29, 0.717) is 5.69 Å². The van der Waals surface area contributed by atoms with Crippen LogP contribution in [0.3, 0.4) is 0 Å². The van der Waals surface area contributed by atoms with Crippen LogP contribution in [0.5, 0.6) is 5.75 Å². The van der Waals surface area contributed by atoms with Crippen molar-refractivity contribution in [3.05, 3.63) is 60.4 Å². The lowest BCUT2D eigenvalue weighted by Gasteiger charge is -2.06. The van der Waals surface area contributed by atoms with Gasteiger partial charge in [-0.2, -0.15) is 0 Å². The minimum absolute atomic E-state index is 0.121. The van der Waals surface area contributed by atoms with Crippen LogP contribution in [0.15, 0.2) is 54.9 Å². The maximum Gasteiger partial charge on any atom is 0.228 e. The number of amides is 1. The molecule has 0 aliphatic heterocycles. The van der Waals surface area contributed by atoms with E-state index in [4.69, 9.17) is 0 Å². The van der Waals surface area contributed by atoms with Gasteiger partial charge in [0.1, 0.15) is 5.75 Å². The maximum absolute atomic E-state index is 12.0. The molecule has 1 aromatic heterocycles. The standard InChI is InChI=1S/C16H13N3O2/c20-13-4-1-11(2-5-13)9-16(21)19-12-3-6-14-15(10-12)18-8-7-17-14/h1-8,10,20H,9H2,(H,19,21). The van der Waals surface area contributed by atoms with E-state index in [0.717, 1.165) is 16.6 Å². The first-order valence-corrected chi connectivity index (χ1v) is 6.49. The average Bonchev–Trinajstić information content (AvgIpc) is 2.49. The van der Waals surface area contributed by atoms with Crippen molar-refractivity contribution in [2.75, 3.05) is 5.32 Å². The minimum Gasteiger partial charge on any atom is -0.508 e.